The molecular formula is C14H21NO4. The van der Waals surface area contributed by atoms with Gasteiger partial charge in [0.25, 0.3) is 5.91 Å². The van der Waals surface area contributed by atoms with E-state index >= 15 is 0 Å². The Morgan fingerprint density at radius 1 is 1.21 bits per heavy atom. The molecule has 0 heterocycles. The molecule has 0 fully saturated rings. The predicted molar refractivity (Wildman–Crippen MR) is 72.3 cm³/mol. The minimum absolute atomic E-state index is 0.172. The van der Waals surface area contributed by atoms with Gasteiger partial charge >= 0.3 is 0 Å². The Morgan fingerprint density at radius 2 is 1.79 bits per heavy atom. The van der Waals surface area contributed by atoms with Crippen LogP contribution in [0.4, 0.5) is 0 Å². The lowest BCUT2D eigenvalue weighted by atomic mass is 10.2. The van der Waals surface area contributed by atoms with Crippen LogP contribution in [-0.4, -0.2) is 39.1 Å². The second kappa shape index (κ2) is 7.76. The number of carbonyl (C=O) groups is 1. The van der Waals surface area contributed by atoms with Gasteiger partial charge in [0.1, 0.15) is 5.75 Å². The molecule has 106 valence electrons. The van der Waals surface area contributed by atoms with Gasteiger partial charge in [-0.1, -0.05) is 0 Å². The molecule has 0 aromatic heterocycles. The van der Waals surface area contributed by atoms with Gasteiger partial charge in [-0.3, -0.25) is 4.79 Å². The first-order valence-corrected chi connectivity index (χ1v) is 6.21. The smallest absolute Gasteiger partial charge is 0.251 e. The summed E-state index contributed by atoms with van der Waals surface area (Å²) in [6.07, 6.45) is -0.466. The Balaban J connectivity index is 2.62. The molecule has 0 aliphatic carbocycles. The molecule has 5 heteroatoms. The normalized spacial score (nSPS) is 12.3. The van der Waals surface area contributed by atoms with Gasteiger partial charge in [-0.15, -0.1) is 0 Å². The summed E-state index contributed by atoms with van der Waals surface area (Å²) in [5, 5.41) is 2.82. The summed E-state index contributed by atoms with van der Waals surface area (Å²) in [4.78, 5) is 12.0. The minimum atomic E-state index is -0.466. The molecule has 1 rings (SSSR count). The topological polar surface area (TPSA) is 56.8 Å². The van der Waals surface area contributed by atoms with Gasteiger partial charge in [0.2, 0.25) is 0 Å². The number of nitrogens with one attached hydrogen (secondary N) is 1. The lowest BCUT2D eigenvalue weighted by Crippen LogP contribution is -2.42. The molecule has 0 aliphatic heterocycles. The summed E-state index contributed by atoms with van der Waals surface area (Å²) < 4.78 is 15.5. The Hall–Kier alpha value is -1.59. The first-order chi connectivity index (χ1) is 9.12. The summed E-state index contributed by atoms with van der Waals surface area (Å²) in [6.45, 7) is 4.34. The van der Waals surface area contributed by atoms with Gasteiger partial charge in [0, 0.05) is 19.8 Å². The van der Waals surface area contributed by atoms with Crippen LogP contribution in [-0.2, 0) is 9.47 Å². The van der Waals surface area contributed by atoms with E-state index in [9.17, 15) is 4.79 Å². The van der Waals surface area contributed by atoms with Crippen molar-refractivity contribution in [1.82, 2.24) is 5.32 Å². The van der Waals surface area contributed by atoms with Crippen LogP contribution >= 0.6 is 0 Å². The van der Waals surface area contributed by atoms with Crippen molar-refractivity contribution in [3.8, 4) is 5.75 Å². The summed E-state index contributed by atoms with van der Waals surface area (Å²) in [7, 11) is 3.07. The monoisotopic (exact) mass is 267 g/mol. The van der Waals surface area contributed by atoms with Crippen molar-refractivity contribution in [2.24, 2.45) is 0 Å². The van der Waals surface area contributed by atoms with Crippen LogP contribution in [0.25, 0.3) is 0 Å². The van der Waals surface area contributed by atoms with E-state index in [-0.39, 0.29) is 11.9 Å². The molecule has 1 amide bonds. The molecule has 1 aromatic rings. The zero-order valence-corrected chi connectivity index (χ0v) is 11.8. The third-order valence-electron chi connectivity index (χ3n) is 2.66. The minimum Gasteiger partial charge on any atom is -0.494 e. The van der Waals surface area contributed by atoms with Crippen LogP contribution < -0.4 is 10.1 Å². The maximum absolute atomic E-state index is 12.0. The molecular weight excluding hydrogens is 246 g/mol. The van der Waals surface area contributed by atoms with Gasteiger partial charge in [0.05, 0.1) is 12.6 Å². The fourth-order valence-electron chi connectivity index (χ4n) is 1.73. The molecule has 1 atom stereocenters. The second-order valence-corrected chi connectivity index (χ2v) is 4.06. The van der Waals surface area contributed by atoms with Gasteiger partial charge in [-0.2, -0.15) is 0 Å². The summed E-state index contributed by atoms with van der Waals surface area (Å²) in [6, 6.07) is 6.75. The number of hydrogen-bond acceptors (Lipinski definition) is 4. The predicted octanol–water partition coefficient (Wildman–Crippen LogP) is 1.82. The van der Waals surface area contributed by atoms with Gasteiger partial charge in [0.15, 0.2) is 6.29 Å². The fraction of sp³-hybridized carbons (Fsp3) is 0.500. The van der Waals surface area contributed by atoms with Crippen LogP contribution in [0.5, 0.6) is 5.75 Å². The highest BCUT2D eigenvalue weighted by Crippen LogP contribution is 2.12. The summed E-state index contributed by atoms with van der Waals surface area (Å²) >= 11 is 0. The highest BCUT2D eigenvalue weighted by atomic mass is 16.7. The second-order valence-electron chi connectivity index (χ2n) is 4.06. The Labute approximate surface area is 113 Å². The van der Waals surface area contributed by atoms with Crippen molar-refractivity contribution in [3.05, 3.63) is 29.8 Å². The standard InChI is InChI=1S/C14H21NO4/c1-5-19-12-8-6-11(7-9-12)13(16)15-10(2)14(17-3)18-4/h6-10,14H,5H2,1-4H3,(H,15,16). The first-order valence-electron chi connectivity index (χ1n) is 6.21. The maximum atomic E-state index is 12.0. The van der Waals surface area contributed by atoms with Crippen LogP contribution in [0.15, 0.2) is 24.3 Å². The lowest BCUT2D eigenvalue weighted by molar-refractivity contribution is -0.117. The van der Waals surface area contributed by atoms with Crippen LogP contribution in [0.2, 0.25) is 0 Å². The highest BCUT2D eigenvalue weighted by Gasteiger charge is 2.18. The molecule has 5 nitrogen and oxygen atoms in total. The third kappa shape index (κ3) is 4.54. The van der Waals surface area contributed by atoms with Crippen molar-refractivity contribution >= 4 is 5.91 Å². The third-order valence-corrected chi connectivity index (χ3v) is 2.66. The molecule has 19 heavy (non-hydrogen) atoms. The quantitative estimate of drug-likeness (QED) is 0.766. The van der Waals surface area contributed by atoms with Gasteiger partial charge in [-0.25, -0.2) is 0 Å². The van der Waals surface area contributed by atoms with Crippen molar-refractivity contribution in [2.75, 3.05) is 20.8 Å². The SMILES string of the molecule is CCOc1ccc(C(=O)NC(C)C(OC)OC)cc1. The van der Waals surface area contributed by atoms with Crippen LogP contribution in [0, 0.1) is 0 Å². The van der Waals surface area contributed by atoms with Crippen molar-refractivity contribution in [1.29, 1.82) is 0 Å². The fourth-order valence-corrected chi connectivity index (χ4v) is 1.73. The largest absolute Gasteiger partial charge is 0.494 e. The van der Waals surface area contributed by atoms with E-state index in [1.54, 1.807) is 24.3 Å². The van der Waals surface area contributed by atoms with E-state index in [2.05, 4.69) is 5.32 Å². The zero-order valence-electron chi connectivity index (χ0n) is 11.8. The summed E-state index contributed by atoms with van der Waals surface area (Å²) in [5.41, 5.74) is 0.571. The van der Waals surface area contributed by atoms with Crippen molar-refractivity contribution in [3.63, 3.8) is 0 Å². The molecule has 0 radical (unpaired) electrons. The first kappa shape index (κ1) is 15.5. The number of methoxy groups -OCH3 is 2. The number of amides is 1. The number of carbonyl (C=O) groups excluding carboxylic acids is 1. The van der Waals surface area contributed by atoms with E-state index in [0.29, 0.717) is 12.2 Å². The Morgan fingerprint density at radius 3 is 2.26 bits per heavy atom. The molecule has 0 bridgehead atoms. The zero-order chi connectivity index (χ0) is 14.3. The van der Waals surface area contributed by atoms with E-state index in [4.69, 9.17) is 14.2 Å². The van der Waals surface area contributed by atoms with E-state index in [1.807, 2.05) is 13.8 Å². The van der Waals surface area contributed by atoms with Crippen molar-refractivity contribution in [2.45, 2.75) is 26.2 Å². The number of ether oxygens (including phenoxy) is 3. The molecule has 0 spiro atoms. The molecule has 0 saturated carbocycles. The number of rotatable bonds is 7. The molecule has 1 unspecified atom stereocenters. The maximum Gasteiger partial charge on any atom is 0.251 e. The van der Waals surface area contributed by atoms with Gasteiger partial charge in [-0.05, 0) is 38.1 Å². The van der Waals surface area contributed by atoms with Gasteiger partial charge < -0.3 is 19.5 Å². The average Bonchev–Trinajstić information content (AvgIpc) is 2.41. The molecule has 1 aromatic carbocycles. The van der Waals surface area contributed by atoms with E-state index < -0.39 is 6.29 Å². The molecule has 0 aliphatic rings. The molecule has 1 N–H and O–H groups in total. The number of benzene rings is 1. The van der Waals surface area contributed by atoms with Crippen molar-refractivity contribution < 1.29 is 19.0 Å². The Bertz CT molecular complexity index is 387. The van der Waals surface area contributed by atoms with E-state index in [0.717, 1.165) is 5.75 Å². The summed E-state index contributed by atoms with van der Waals surface area (Å²) in [5.74, 6) is 0.577. The molecule has 0 saturated heterocycles. The Kier molecular flexibility index (Phi) is 6.32. The highest BCUT2D eigenvalue weighted by molar-refractivity contribution is 5.94. The number of hydrogen-bond donors (Lipinski definition) is 1. The van der Waals surface area contributed by atoms with Crippen LogP contribution in [0.3, 0.4) is 0 Å². The van der Waals surface area contributed by atoms with Crippen LogP contribution in [0.1, 0.15) is 24.2 Å². The van der Waals surface area contributed by atoms with E-state index in [1.165, 1.54) is 14.2 Å². The average molecular weight is 267 g/mol. The lowest BCUT2D eigenvalue weighted by Gasteiger charge is -2.22.